The van der Waals surface area contributed by atoms with Crippen LogP contribution in [0.3, 0.4) is 0 Å². The number of ketones is 1. The second-order valence-electron chi connectivity index (χ2n) is 3.02. The molecular weight excluding hydrogens is 261 g/mol. The van der Waals surface area contributed by atoms with Gasteiger partial charge in [-0.05, 0) is 12.1 Å². The fourth-order valence-corrected chi connectivity index (χ4v) is 1.50. The molecule has 94 valence electrons. The van der Waals surface area contributed by atoms with Crippen molar-refractivity contribution in [2.24, 2.45) is 0 Å². The summed E-state index contributed by atoms with van der Waals surface area (Å²) in [5.41, 5.74) is -0.597. The van der Waals surface area contributed by atoms with Gasteiger partial charge in [-0.2, -0.15) is 13.2 Å². The minimum absolute atomic E-state index is 0.0346. The minimum Gasteiger partial charge on any atom is -0.493 e. The lowest BCUT2D eigenvalue weighted by Gasteiger charge is -2.12. The maximum Gasteiger partial charge on any atom is 0.454 e. The fourth-order valence-electron chi connectivity index (χ4n) is 1.21. The third-order valence-electron chi connectivity index (χ3n) is 1.95. The van der Waals surface area contributed by atoms with E-state index in [0.717, 1.165) is 12.1 Å². The molecule has 17 heavy (non-hydrogen) atoms. The average Bonchev–Trinajstić information content (AvgIpc) is 2.25. The molecule has 0 saturated heterocycles. The van der Waals surface area contributed by atoms with Gasteiger partial charge in [0.15, 0.2) is 11.5 Å². The van der Waals surface area contributed by atoms with Crippen LogP contribution in [-0.4, -0.2) is 26.2 Å². The normalized spacial score (nSPS) is 11.2. The second-order valence-corrected chi connectivity index (χ2v) is 3.43. The number of carbonyl (C=O) groups is 1. The Morgan fingerprint density at radius 1 is 1.24 bits per heavy atom. The smallest absolute Gasteiger partial charge is 0.454 e. The van der Waals surface area contributed by atoms with Gasteiger partial charge in [0.05, 0.1) is 19.2 Å². The van der Waals surface area contributed by atoms with Crippen molar-refractivity contribution in [2.75, 3.05) is 14.2 Å². The third kappa shape index (κ3) is 2.82. The molecule has 7 heteroatoms. The molecule has 0 aliphatic rings. The van der Waals surface area contributed by atoms with Crippen LogP contribution >= 0.6 is 11.6 Å². The van der Waals surface area contributed by atoms with Crippen molar-refractivity contribution in [2.45, 2.75) is 6.18 Å². The number of Topliss-reactive ketones (excluding diaryl/α,β-unsaturated/α-hetero) is 1. The molecule has 0 saturated carbocycles. The molecule has 1 aromatic rings. The molecule has 3 nitrogen and oxygen atoms in total. The Morgan fingerprint density at radius 3 is 2.24 bits per heavy atom. The Labute approximate surface area is 100 Å². The maximum atomic E-state index is 12.2. The molecule has 0 aliphatic heterocycles. The van der Waals surface area contributed by atoms with E-state index < -0.39 is 17.5 Å². The number of rotatable bonds is 3. The van der Waals surface area contributed by atoms with Crippen LogP contribution in [-0.2, 0) is 0 Å². The largest absolute Gasteiger partial charge is 0.493 e. The van der Waals surface area contributed by atoms with Crippen LogP contribution in [0, 0.1) is 0 Å². The van der Waals surface area contributed by atoms with Crippen LogP contribution in [0.15, 0.2) is 12.1 Å². The molecule has 1 rings (SSSR count). The molecule has 0 fully saturated rings. The number of methoxy groups -OCH3 is 2. The molecule has 0 heterocycles. The molecular formula is C10H8ClF3O3. The van der Waals surface area contributed by atoms with Crippen LogP contribution in [0.5, 0.6) is 11.5 Å². The Kier molecular flexibility index (Phi) is 3.87. The highest BCUT2D eigenvalue weighted by atomic mass is 35.5. The third-order valence-corrected chi connectivity index (χ3v) is 2.23. The molecule has 0 radical (unpaired) electrons. The molecule has 0 amide bonds. The van der Waals surface area contributed by atoms with Crippen LogP contribution in [0.25, 0.3) is 0 Å². The first-order valence-electron chi connectivity index (χ1n) is 4.34. The Hall–Kier alpha value is -1.43. The van der Waals surface area contributed by atoms with E-state index in [1.165, 1.54) is 14.2 Å². The summed E-state index contributed by atoms with van der Waals surface area (Å²) in [6.07, 6.45) is -4.96. The standard InChI is InChI=1S/C10H8ClF3O3/c1-16-7-4-5(9(15)10(12,13)14)3-6(11)8(7)17-2/h3-4H,1-2H3. The summed E-state index contributed by atoms with van der Waals surface area (Å²) in [5, 5.41) is -0.126. The lowest BCUT2D eigenvalue weighted by atomic mass is 10.1. The van der Waals surface area contributed by atoms with Crippen LogP contribution in [0.2, 0.25) is 5.02 Å². The Bertz CT molecular complexity index is 443. The predicted octanol–water partition coefficient (Wildman–Crippen LogP) is 3.10. The van der Waals surface area contributed by atoms with Crippen molar-refractivity contribution in [1.82, 2.24) is 0 Å². The highest BCUT2D eigenvalue weighted by Gasteiger charge is 2.39. The van der Waals surface area contributed by atoms with Gasteiger partial charge < -0.3 is 9.47 Å². The molecule has 0 atom stereocenters. The number of benzene rings is 1. The highest BCUT2D eigenvalue weighted by molar-refractivity contribution is 6.32. The van der Waals surface area contributed by atoms with E-state index >= 15 is 0 Å². The van der Waals surface area contributed by atoms with Gasteiger partial charge in [-0.1, -0.05) is 11.6 Å². The zero-order chi connectivity index (χ0) is 13.2. The summed E-state index contributed by atoms with van der Waals surface area (Å²) < 4.78 is 46.3. The number of hydrogen-bond acceptors (Lipinski definition) is 3. The molecule has 0 bridgehead atoms. The summed E-state index contributed by atoms with van der Waals surface area (Å²) in [5.74, 6) is -1.94. The van der Waals surface area contributed by atoms with E-state index in [0.29, 0.717) is 0 Å². The van der Waals surface area contributed by atoms with E-state index in [9.17, 15) is 18.0 Å². The van der Waals surface area contributed by atoms with Gasteiger partial charge in [-0.15, -0.1) is 0 Å². The van der Waals surface area contributed by atoms with Gasteiger partial charge in [0.1, 0.15) is 0 Å². The van der Waals surface area contributed by atoms with Gasteiger partial charge in [-0.25, -0.2) is 0 Å². The zero-order valence-corrected chi connectivity index (χ0v) is 9.65. The van der Waals surface area contributed by atoms with Gasteiger partial charge in [0.2, 0.25) is 0 Å². The number of alkyl halides is 3. The van der Waals surface area contributed by atoms with Gasteiger partial charge >= 0.3 is 6.18 Å². The van der Waals surface area contributed by atoms with Crippen LogP contribution < -0.4 is 9.47 Å². The van der Waals surface area contributed by atoms with E-state index in [4.69, 9.17) is 21.1 Å². The maximum absolute atomic E-state index is 12.2. The molecule has 0 N–H and O–H groups in total. The van der Waals surface area contributed by atoms with E-state index in [1.54, 1.807) is 0 Å². The highest BCUT2D eigenvalue weighted by Crippen LogP contribution is 2.37. The number of hydrogen-bond donors (Lipinski definition) is 0. The summed E-state index contributed by atoms with van der Waals surface area (Å²) in [6.45, 7) is 0. The lowest BCUT2D eigenvalue weighted by Crippen LogP contribution is -2.22. The van der Waals surface area contributed by atoms with Crippen molar-refractivity contribution < 1.29 is 27.4 Å². The average molecular weight is 269 g/mol. The molecule has 1 aromatic carbocycles. The van der Waals surface area contributed by atoms with Gasteiger partial charge in [0, 0.05) is 5.56 Å². The lowest BCUT2D eigenvalue weighted by molar-refractivity contribution is -0.0885. The number of halogens is 4. The second kappa shape index (κ2) is 4.83. The predicted molar refractivity (Wildman–Crippen MR) is 54.9 cm³/mol. The van der Waals surface area contributed by atoms with Crippen molar-refractivity contribution >= 4 is 17.4 Å². The van der Waals surface area contributed by atoms with E-state index in [2.05, 4.69) is 0 Å². The first kappa shape index (κ1) is 13.6. The molecule has 0 spiro atoms. The quantitative estimate of drug-likeness (QED) is 0.790. The Balaban J connectivity index is 3.30. The summed E-state index contributed by atoms with van der Waals surface area (Å²) in [6, 6.07) is 1.82. The zero-order valence-electron chi connectivity index (χ0n) is 8.89. The number of carbonyl (C=O) groups excluding carboxylic acids is 1. The topological polar surface area (TPSA) is 35.5 Å². The van der Waals surface area contributed by atoms with Gasteiger partial charge in [-0.3, -0.25) is 4.79 Å². The Morgan fingerprint density at radius 2 is 1.82 bits per heavy atom. The number of ether oxygens (including phenoxy) is 2. The fraction of sp³-hybridized carbons (Fsp3) is 0.300. The first-order valence-corrected chi connectivity index (χ1v) is 4.72. The van der Waals surface area contributed by atoms with Crippen LogP contribution in [0.4, 0.5) is 13.2 Å². The molecule has 0 unspecified atom stereocenters. The summed E-state index contributed by atoms with van der Waals surface area (Å²) >= 11 is 5.68. The van der Waals surface area contributed by atoms with Crippen molar-refractivity contribution in [3.63, 3.8) is 0 Å². The van der Waals surface area contributed by atoms with Gasteiger partial charge in [0.25, 0.3) is 5.78 Å². The van der Waals surface area contributed by atoms with Crippen LogP contribution in [0.1, 0.15) is 10.4 Å². The molecule has 0 aliphatic carbocycles. The monoisotopic (exact) mass is 268 g/mol. The SMILES string of the molecule is COc1cc(C(=O)C(F)(F)F)cc(Cl)c1OC. The summed E-state index contributed by atoms with van der Waals surface area (Å²) in [7, 11) is 2.52. The van der Waals surface area contributed by atoms with Crippen molar-refractivity contribution in [3.8, 4) is 11.5 Å². The first-order chi connectivity index (χ1) is 7.81. The summed E-state index contributed by atoms with van der Waals surface area (Å²) in [4.78, 5) is 11.0. The van der Waals surface area contributed by atoms with E-state index in [1.807, 2.05) is 0 Å². The van der Waals surface area contributed by atoms with Crippen molar-refractivity contribution in [1.29, 1.82) is 0 Å². The van der Waals surface area contributed by atoms with E-state index in [-0.39, 0.29) is 16.5 Å². The molecule has 0 aromatic heterocycles. The minimum atomic E-state index is -4.96. The van der Waals surface area contributed by atoms with Crippen molar-refractivity contribution in [3.05, 3.63) is 22.7 Å².